The van der Waals surface area contributed by atoms with Crippen LogP contribution in [0.3, 0.4) is 0 Å². The Morgan fingerprint density at radius 2 is 2.00 bits per heavy atom. The van der Waals surface area contributed by atoms with Crippen LogP contribution in [0.5, 0.6) is 0 Å². The minimum Gasteiger partial charge on any atom is -0.465 e. The number of nitrogens with zero attached hydrogens (tertiary/aromatic N) is 1. The maximum Gasteiger partial charge on any atom is 0.407 e. The van der Waals surface area contributed by atoms with Crippen molar-refractivity contribution in [3.63, 3.8) is 0 Å². The number of rotatable bonds is 2. The number of nitrogens with one attached hydrogen (secondary N) is 1. The molecule has 1 aromatic carbocycles. The van der Waals surface area contributed by atoms with Gasteiger partial charge in [-0.05, 0) is 68.7 Å². The Labute approximate surface area is 156 Å². The highest BCUT2D eigenvalue weighted by Crippen LogP contribution is 2.52. The van der Waals surface area contributed by atoms with E-state index < -0.39 is 17.1 Å². The fourth-order valence-corrected chi connectivity index (χ4v) is 5.04. The molecule has 1 heterocycles. The second kappa shape index (κ2) is 6.56. The van der Waals surface area contributed by atoms with Crippen molar-refractivity contribution in [3.8, 4) is 0 Å². The van der Waals surface area contributed by atoms with Crippen molar-refractivity contribution in [1.29, 1.82) is 0 Å². The van der Waals surface area contributed by atoms with Crippen LogP contribution in [0, 0.1) is 5.41 Å². The van der Waals surface area contributed by atoms with Crippen LogP contribution in [-0.4, -0.2) is 38.1 Å². The van der Waals surface area contributed by atoms with Crippen LogP contribution in [0.25, 0.3) is 0 Å². The summed E-state index contributed by atoms with van der Waals surface area (Å²) in [4.78, 5) is 12.7. The van der Waals surface area contributed by atoms with Crippen LogP contribution in [0.2, 0.25) is 5.02 Å². The van der Waals surface area contributed by atoms with Gasteiger partial charge < -0.3 is 10.0 Å². The van der Waals surface area contributed by atoms with Gasteiger partial charge in [-0.2, -0.15) is 0 Å². The molecule has 1 spiro atoms. The van der Waals surface area contributed by atoms with E-state index in [0.29, 0.717) is 18.1 Å². The predicted molar refractivity (Wildman–Crippen MR) is 100 cm³/mol. The van der Waals surface area contributed by atoms with E-state index in [4.69, 9.17) is 11.6 Å². The summed E-state index contributed by atoms with van der Waals surface area (Å²) in [7, 11) is -1.20. The summed E-state index contributed by atoms with van der Waals surface area (Å²) in [6.45, 7) is 6.88. The summed E-state index contributed by atoms with van der Waals surface area (Å²) in [5, 5.41) is 9.94. The number of piperidine rings is 1. The lowest BCUT2D eigenvalue weighted by Crippen LogP contribution is -2.48. The van der Waals surface area contributed by atoms with E-state index in [1.54, 1.807) is 0 Å². The first-order valence-electron chi connectivity index (χ1n) is 8.57. The van der Waals surface area contributed by atoms with Gasteiger partial charge in [-0.3, -0.25) is 0 Å². The zero-order chi connectivity index (χ0) is 18.4. The van der Waals surface area contributed by atoms with Gasteiger partial charge >= 0.3 is 6.09 Å². The number of likely N-dealkylation sites (tertiary alicyclic amines) is 1. The van der Waals surface area contributed by atoms with Crippen molar-refractivity contribution >= 4 is 28.7 Å². The van der Waals surface area contributed by atoms with Gasteiger partial charge in [0.15, 0.2) is 0 Å². The Morgan fingerprint density at radius 3 is 2.56 bits per heavy atom. The lowest BCUT2D eigenvalue weighted by molar-refractivity contribution is 0.0768. The maximum absolute atomic E-state index is 12.8. The third kappa shape index (κ3) is 3.57. The van der Waals surface area contributed by atoms with E-state index in [1.165, 1.54) is 10.5 Å². The summed E-state index contributed by atoms with van der Waals surface area (Å²) >= 11 is 6.18. The van der Waals surface area contributed by atoms with Crippen LogP contribution in [0.1, 0.15) is 50.8 Å². The molecule has 1 amide bonds. The fourth-order valence-electron chi connectivity index (χ4n) is 3.90. The van der Waals surface area contributed by atoms with Crippen molar-refractivity contribution in [1.82, 2.24) is 9.62 Å². The van der Waals surface area contributed by atoms with Gasteiger partial charge in [-0.1, -0.05) is 17.7 Å². The highest BCUT2D eigenvalue weighted by molar-refractivity contribution is 7.84. The Hall–Kier alpha value is -1.11. The van der Waals surface area contributed by atoms with Crippen LogP contribution in [0.15, 0.2) is 18.2 Å². The van der Waals surface area contributed by atoms with Crippen molar-refractivity contribution in [3.05, 3.63) is 34.3 Å². The summed E-state index contributed by atoms with van der Waals surface area (Å²) in [5.41, 5.74) is 2.21. The van der Waals surface area contributed by atoms with Gasteiger partial charge in [0.25, 0.3) is 0 Å². The maximum atomic E-state index is 12.8. The molecule has 138 valence electrons. The van der Waals surface area contributed by atoms with E-state index in [0.717, 1.165) is 24.8 Å². The number of carbonyl (C=O) groups is 1. The van der Waals surface area contributed by atoms with E-state index in [-0.39, 0.29) is 16.2 Å². The van der Waals surface area contributed by atoms with Crippen molar-refractivity contribution < 1.29 is 14.1 Å². The first-order chi connectivity index (χ1) is 11.6. The summed E-state index contributed by atoms with van der Waals surface area (Å²) in [5.74, 6) is 0. The van der Waals surface area contributed by atoms with Crippen molar-refractivity contribution in [2.45, 2.75) is 50.8 Å². The smallest absolute Gasteiger partial charge is 0.407 e. The molecular formula is C18H25ClN2O3S. The Balaban J connectivity index is 1.92. The molecule has 0 bridgehead atoms. The lowest BCUT2D eigenvalue weighted by Gasteiger charge is -2.43. The Bertz CT molecular complexity index is 709. The second-order valence-corrected chi connectivity index (χ2v) is 10.5. The summed E-state index contributed by atoms with van der Waals surface area (Å²) in [6.07, 6.45) is 1.49. The molecule has 1 aliphatic carbocycles. The van der Waals surface area contributed by atoms with Crippen LogP contribution in [-0.2, 0) is 17.4 Å². The Kier molecular flexibility index (Phi) is 4.90. The largest absolute Gasteiger partial charge is 0.465 e. The van der Waals surface area contributed by atoms with Gasteiger partial charge in [0.1, 0.15) is 0 Å². The monoisotopic (exact) mass is 384 g/mol. The third-order valence-corrected chi connectivity index (χ3v) is 7.18. The Morgan fingerprint density at radius 1 is 1.36 bits per heavy atom. The molecular weight excluding hydrogens is 360 g/mol. The molecule has 1 unspecified atom stereocenters. The molecule has 2 aliphatic rings. The minimum atomic E-state index is -1.20. The van der Waals surface area contributed by atoms with Gasteiger partial charge in [0, 0.05) is 18.1 Å². The number of benzene rings is 1. The zero-order valence-electron chi connectivity index (χ0n) is 14.8. The van der Waals surface area contributed by atoms with E-state index >= 15 is 0 Å². The van der Waals surface area contributed by atoms with Crippen LogP contribution in [0.4, 0.5) is 4.79 Å². The second-order valence-electron chi connectivity index (χ2n) is 8.08. The van der Waals surface area contributed by atoms with E-state index in [9.17, 15) is 14.1 Å². The number of halogens is 1. The zero-order valence-corrected chi connectivity index (χ0v) is 16.4. The molecule has 25 heavy (non-hydrogen) atoms. The van der Waals surface area contributed by atoms with Crippen molar-refractivity contribution in [2.24, 2.45) is 5.41 Å². The van der Waals surface area contributed by atoms with Crippen molar-refractivity contribution in [2.75, 3.05) is 13.1 Å². The predicted octanol–water partition coefficient (Wildman–Crippen LogP) is 3.75. The van der Waals surface area contributed by atoms with Gasteiger partial charge in [-0.25, -0.2) is 13.7 Å². The highest BCUT2D eigenvalue weighted by Gasteiger charge is 2.49. The molecule has 1 aromatic rings. The number of hydrogen-bond donors (Lipinski definition) is 2. The average Bonchev–Trinajstić information content (AvgIpc) is 2.79. The topological polar surface area (TPSA) is 69.6 Å². The van der Waals surface area contributed by atoms with E-state index in [1.807, 2.05) is 39.0 Å². The van der Waals surface area contributed by atoms with Gasteiger partial charge in [0.2, 0.25) is 0 Å². The number of hydrogen-bond acceptors (Lipinski definition) is 2. The van der Waals surface area contributed by atoms with Crippen LogP contribution < -0.4 is 4.72 Å². The van der Waals surface area contributed by atoms with Crippen LogP contribution >= 0.6 is 11.6 Å². The molecule has 1 aliphatic heterocycles. The molecule has 1 fully saturated rings. The number of fused-ring (bicyclic) bond motifs is 1. The highest BCUT2D eigenvalue weighted by atomic mass is 35.5. The molecule has 2 atom stereocenters. The molecule has 2 N–H and O–H groups in total. The molecule has 1 saturated heterocycles. The summed E-state index contributed by atoms with van der Waals surface area (Å²) < 4.78 is 15.8. The molecule has 0 radical (unpaired) electrons. The lowest BCUT2D eigenvalue weighted by atomic mass is 9.73. The first-order valence-corrected chi connectivity index (χ1v) is 10.1. The fraction of sp³-hybridized carbons (Fsp3) is 0.611. The van der Waals surface area contributed by atoms with E-state index in [2.05, 4.69) is 4.72 Å². The standard InChI is InChI=1S/C18H25ClN2O3S/c1-17(2,3)25(24)20-15-14-5-4-13(19)10-12(14)11-18(15)6-8-21(9-7-18)16(22)23/h4-5,10,15,20H,6-9,11H2,1-3H3,(H,22,23)/t15-,25?/m0/s1. The normalized spacial score (nSPS) is 23.5. The quantitative estimate of drug-likeness (QED) is 0.815. The molecule has 7 heteroatoms. The minimum absolute atomic E-state index is 0.0456. The molecule has 0 aromatic heterocycles. The molecule has 5 nitrogen and oxygen atoms in total. The van der Waals surface area contributed by atoms with Gasteiger partial charge in [0.05, 0.1) is 21.8 Å². The molecule has 0 saturated carbocycles. The third-order valence-electron chi connectivity index (χ3n) is 5.38. The average molecular weight is 385 g/mol. The van der Waals surface area contributed by atoms with Gasteiger partial charge in [-0.15, -0.1) is 0 Å². The first kappa shape index (κ1) is 18.7. The summed E-state index contributed by atoms with van der Waals surface area (Å²) in [6, 6.07) is 5.84. The number of amides is 1. The SMILES string of the molecule is CC(C)(C)S(=O)N[C@H]1c2ccc(Cl)cc2CC12CCN(C(=O)O)CC2. The molecule has 3 rings (SSSR count). The number of carboxylic acid groups (broad SMARTS) is 1.